The average molecular weight is 515 g/mol. The van der Waals surface area contributed by atoms with Gasteiger partial charge in [-0.25, -0.2) is 9.97 Å². The van der Waals surface area contributed by atoms with E-state index in [9.17, 15) is 4.79 Å². The van der Waals surface area contributed by atoms with Crippen LogP contribution in [0.25, 0.3) is 20.4 Å². The molecule has 0 aliphatic carbocycles. The molecule has 4 aromatic rings. The first-order valence-electron chi connectivity index (χ1n) is 11.6. The molecular weight excluding hydrogens is 488 g/mol. The Morgan fingerprint density at radius 1 is 0.833 bits per heavy atom. The Morgan fingerprint density at radius 2 is 1.36 bits per heavy atom. The fourth-order valence-corrected chi connectivity index (χ4v) is 5.56. The first-order valence-corrected chi connectivity index (χ1v) is 13.2. The number of fused-ring (bicyclic) bond motifs is 2. The minimum Gasteiger partial charge on any atom is -0.397 e. The second kappa shape index (κ2) is 9.75. The third kappa shape index (κ3) is 4.98. The molecule has 2 aromatic carbocycles. The van der Waals surface area contributed by atoms with E-state index in [-0.39, 0.29) is 5.91 Å². The highest BCUT2D eigenvalue weighted by Gasteiger charge is 2.26. The van der Waals surface area contributed by atoms with Gasteiger partial charge in [-0.15, -0.1) is 22.7 Å². The number of nitrogens with one attached hydrogen (secondary N) is 1. The molecule has 2 aromatic heterocycles. The van der Waals surface area contributed by atoms with Gasteiger partial charge in [0.2, 0.25) is 5.91 Å². The van der Waals surface area contributed by atoms with Crippen molar-refractivity contribution in [2.45, 2.75) is 20.8 Å². The lowest BCUT2D eigenvalue weighted by molar-refractivity contribution is -0.127. The van der Waals surface area contributed by atoms with E-state index in [0.717, 1.165) is 48.6 Å². The number of benzene rings is 2. The van der Waals surface area contributed by atoms with Crippen LogP contribution in [-0.2, 0) is 4.79 Å². The number of rotatable bonds is 3. The quantitative estimate of drug-likeness (QED) is 0.397. The highest BCUT2D eigenvalue weighted by molar-refractivity contribution is 7.20. The third-order valence-corrected chi connectivity index (χ3v) is 7.64. The number of hydrogen-bond acceptors (Lipinski definition) is 8. The van der Waals surface area contributed by atoms with E-state index in [1.54, 1.807) is 22.7 Å². The smallest absolute Gasteiger partial charge is 0.229 e. The minimum atomic E-state index is -0.428. The van der Waals surface area contributed by atoms with Gasteiger partial charge < -0.3 is 11.1 Å². The lowest BCUT2D eigenvalue weighted by Gasteiger charge is -2.18. The molecule has 182 valence electrons. The molecule has 3 N–H and O–H groups in total. The Hall–Kier alpha value is -3.69. The molecule has 36 heavy (non-hydrogen) atoms. The Kier molecular flexibility index (Phi) is 6.51. The summed E-state index contributed by atoms with van der Waals surface area (Å²) in [4.78, 5) is 30.1. The Balaban J connectivity index is 0.000000156. The van der Waals surface area contributed by atoms with Gasteiger partial charge in [-0.2, -0.15) is 0 Å². The summed E-state index contributed by atoms with van der Waals surface area (Å²) in [5.41, 5.74) is 10.5. The number of para-hydroxylation sites is 2. The van der Waals surface area contributed by atoms with Crippen molar-refractivity contribution in [1.82, 2.24) is 15.3 Å². The van der Waals surface area contributed by atoms with Gasteiger partial charge >= 0.3 is 0 Å². The summed E-state index contributed by atoms with van der Waals surface area (Å²) in [6.07, 6.45) is 3.85. The molecule has 0 fully saturated rings. The average Bonchev–Trinajstić information content (AvgIpc) is 3.63. The molecule has 0 spiro atoms. The highest BCUT2D eigenvalue weighted by atomic mass is 32.1. The maximum absolute atomic E-state index is 12.1. The molecule has 4 heterocycles. The molecular formula is C27H26N6OS2. The number of aromatic nitrogens is 2. The largest absolute Gasteiger partial charge is 0.397 e. The molecule has 0 bridgehead atoms. The number of allylic oxidation sites excluding steroid dienone is 2. The fraction of sp³-hybridized carbons (Fsp3) is 0.222. The highest BCUT2D eigenvalue weighted by Crippen LogP contribution is 2.26. The van der Waals surface area contributed by atoms with Gasteiger partial charge in [-0.3, -0.25) is 14.8 Å². The van der Waals surface area contributed by atoms with Crippen molar-refractivity contribution in [3.05, 3.63) is 82.1 Å². The van der Waals surface area contributed by atoms with E-state index in [1.807, 2.05) is 75.4 Å². The molecule has 2 aliphatic rings. The molecule has 0 saturated carbocycles. The van der Waals surface area contributed by atoms with Crippen LogP contribution in [0, 0.1) is 5.41 Å². The van der Waals surface area contributed by atoms with Crippen LogP contribution in [0.2, 0.25) is 0 Å². The standard InChI is InChI=1S/C16H17N3OS.C11H9N3S/c1-16(2,3)15(20)19-11-8-9-17-13(11)14-18-10-6-4-5-7-12(10)21-14;12-7-5-6-13-10(7)11-14-8-3-1-2-4-9(8)15-11/h4-8H,9H2,1-3H3,(H,19,20);1-5H,6,12H2. The van der Waals surface area contributed by atoms with Gasteiger partial charge in [0.25, 0.3) is 0 Å². The Morgan fingerprint density at radius 3 is 1.89 bits per heavy atom. The van der Waals surface area contributed by atoms with Crippen molar-refractivity contribution in [1.29, 1.82) is 0 Å². The SMILES string of the molecule is CC(C)(C)C(=O)NC1=CCN=C1c1nc2ccccc2s1.NC1=CCN=C1c1nc2ccccc2s1. The number of amides is 1. The van der Waals surface area contributed by atoms with E-state index in [1.165, 1.54) is 4.70 Å². The lowest BCUT2D eigenvalue weighted by Crippen LogP contribution is -2.36. The van der Waals surface area contributed by atoms with E-state index >= 15 is 0 Å². The first-order chi connectivity index (χ1) is 17.3. The van der Waals surface area contributed by atoms with Crippen molar-refractivity contribution in [2.75, 3.05) is 13.1 Å². The number of thiazole rings is 2. The van der Waals surface area contributed by atoms with Crippen LogP contribution < -0.4 is 11.1 Å². The summed E-state index contributed by atoms with van der Waals surface area (Å²) < 4.78 is 2.30. The zero-order valence-electron chi connectivity index (χ0n) is 20.3. The predicted molar refractivity (Wildman–Crippen MR) is 150 cm³/mol. The number of nitrogens with two attached hydrogens (primary N) is 1. The molecule has 9 heteroatoms. The summed E-state index contributed by atoms with van der Waals surface area (Å²) in [5.74, 6) is -0.00976. The third-order valence-electron chi connectivity index (χ3n) is 5.56. The summed E-state index contributed by atoms with van der Waals surface area (Å²) in [7, 11) is 0. The van der Waals surface area contributed by atoms with Crippen molar-refractivity contribution in [3.8, 4) is 0 Å². The molecule has 0 atom stereocenters. The molecule has 0 radical (unpaired) electrons. The maximum Gasteiger partial charge on any atom is 0.229 e. The van der Waals surface area contributed by atoms with Crippen LogP contribution in [0.15, 0.2) is 82.1 Å². The first kappa shape index (κ1) is 24.0. The van der Waals surface area contributed by atoms with Gasteiger partial charge in [0.1, 0.15) is 21.4 Å². The van der Waals surface area contributed by atoms with E-state index in [2.05, 4.69) is 31.3 Å². The summed E-state index contributed by atoms with van der Waals surface area (Å²) in [6, 6.07) is 16.1. The fourth-order valence-electron chi connectivity index (χ4n) is 3.57. The van der Waals surface area contributed by atoms with Crippen molar-refractivity contribution < 1.29 is 4.79 Å². The van der Waals surface area contributed by atoms with Gasteiger partial charge in [-0.05, 0) is 36.4 Å². The van der Waals surface area contributed by atoms with E-state index in [4.69, 9.17) is 5.73 Å². The minimum absolute atomic E-state index is 0.00976. The van der Waals surface area contributed by atoms with E-state index < -0.39 is 5.41 Å². The van der Waals surface area contributed by atoms with Crippen molar-refractivity contribution >= 4 is 60.4 Å². The second-order valence-corrected chi connectivity index (χ2v) is 11.4. The maximum atomic E-state index is 12.1. The van der Waals surface area contributed by atoms with Crippen LogP contribution >= 0.6 is 22.7 Å². The molecule has 7 nitrogen and oxygen atoms in total. The lowest BCUT2D eigenvalue weighted by atomic mass is 9.95. The van der Waals surface area contributed by atoms with Gasteiger partial charge in [0.15, 0.2) is 0 Å². The molecule has 2 aliphatic heterocycles. The zero-order valence-corrected chi connectivity index (χ0v) is 21.9. The number of carbonyl (C=O) groups is 1. The van der Waals surface area contributed by atoms with Crippen LogP contribution in [0.1, 0.15) is 30.8 Å². The van der Waals surface area contributed by atoms with Crippen LogP contribution in [0.4, 0.5) is 0 Å². The topological polar surface area (TPSA) is 106 Å². The van der Waals surface area contributed by atoms with Crippen LogP contribution in [0.3, 0.4) is 0 Å². The normalized spacial score (nSPS) is 15.2. The van der Waals surface area contributed by atoms with Crippen LogP contribution in [-0.4, -0.2) is 40.4 Å². The Labute approximate surface area is 217 Å². The molecule has 1 amide bonds. The number of carbonyl (C=O) groups excluding carboxylic acids is 1. The predicted octanol–water partition coefficient (Wildman–Crippen LogP) is 5.09. The summed E-state index contributed by atoms with van der Waals surface area (Å²) in [5, 5.41) is 4.74. The zero-order chi connectivity index (χ0) is 25.3. The monoisotopic (exact) mass is 514 g/mol. The summed E-state index contributed by atoms with van der Waals surface area (Å²) in [6.45, 7) is 6.95. The summed E-state index contributed by atoms with van der Waals surface area (Å²) >= 11 is 3.23. The van der Waals surface area contributed by atoms with Gasteiger partial charge in [0.05, 0.1) is 44.9 Å². The van der Waals surface area contributed by atoms with Crippen molar-refractivity contribution in [3.63, 3.8) is 0 Å². The Bertz CT molecular complexity index is 1520. The molecule has 0 unspecified atom stereocenters. The van der Waals surface area contributed by atoms with Crippen molar-refractivity contribution in [2.24, 2.45) is 21.1 Å². The van der Waals surface area contributed by atoms with Crippen LogP contribution in [0.5, 0.6) is 0 Å². The number of nitrogens with zero attached hydrogens (tertiary/aromatic N) is 4. The van der Waals surface area contributed by atoms with Gasteiger partial charge in [0, 0.05) is 5.41 Å². The molecule has 6 rings (SSSR count). The van der Waals surface area contributed by atoms with E-state index in [0.29, 0.717) is 13.1 Å². The second-order valence-electron chi connectivity index (χ2n) is 9.33. The number of hydrogen-bond donors (Lipinski definition) is 2. The molecule has 0 saturated heterocycles. The number of aliphatic imine (C=N–C) groups is 2. The van der Waals surface area contributed by atoms with Gasteiger partial charge in [-0.1, -0.05) is 45.0 Å².